The molecule has 5 rings (SSSR count). The van der Waals surface area contributed by atoms with Crippen LogP contribution in [0.1, 0.15) is 53.7 Å². The highest BCUT2D eigenvalue weighted by molar-refractivity contribution is 6.32. The van der Waals surface area contributed by atoms with Crippen molar-refractivity contribution < 1.29 is 19.7 Å². The number of aromatic hydroxyl groups is 1. The molecule has 0 aliphatic heterocycles. The average molecular weight is 570 g/mol. The molecule has 0 spiro atoms. The molecule has 1 heterocycles. The molecule has 0 saturated heterocycles. The molecule has 0 radical (unpaired) electrons. The number of benzene rings is 3. The Hall–Kier alpha value is -4.09. The molecule has 0 saturated carbocycles. The first-order valence-corrected chi connectivity index (χ1v) is 14.1. The highest BCUT2D eigenvalue weighted by atomic mass is 35.5. The van der Waals surface area contributed by atoms with E-state index in [2.05, 4.69) is 22.4 Å². The predicted octanol–water partition coefficient (Wildman–Crippen LogP) is 6.49. The van der Waals surface area contributed by atoms with Gasteiger partial charge in [-0.15, -0.1) is 0 Å². The van der Waals surface area contributed by atoms with Crippen LogP contribution in [-0.2, 0) is 19.6 Å². The fourth-order valence-electron chi connectivity index (χ4n) is 5.17. The number of fused-ring (bicyclic) bond motifs is 1. The molecule has 1 aliphatic carbocycles. The molecule has 210 valence electrons. The third-order valence-electron chi connectivity index (χ3n) is 7.41. The normalized spacial score (nSPS) is 14.7. The van der Waals surface area contributed by atoms with Crippen molar-refractivity contribution in [2.24, 2.45) is 0 Å². The highest BCUT2D eigenvalue weighted by Crippen LogP contribution is 2.44. The lowest BCUT2D eigenvalue weighted by atomic mass is 9.96. The Morgan fingerprint density at radius 2 is 1.93 bits per heavy atom. The van der Waals surface area contributed by atoms with E-state index in [4.69, 9.17) is 21.1 Å². The summed E-state index contributed by atoms with van der Waals surface area (Å²) in [6, 6.07) is 20.9. The zero-order valence-electron chi connectivity index (χ0n) is 22.8. The van der Waals surface area contributed by atoms with E-state index >= 15 is 0 Å². The minimum absolute atomic E-state index is 0.0259. The van der Waals surface area contributed by atoms with Gasteiger partial charge in [0.1, 0.15) is 36.0 Å². The first-order chi connectivity index (χ1) is 20.0. The van der Waals surface area contributed by atoms with E-state index in [1.54, 1.807) is 18.3 Å². The lowest BCUT2D eigenvalue weighted by molar-refractivity contribution is 0.205. The summed E-state index contributed by atoms with van der Waals surface area (Å²) in [5.41, 5.74) is 6.10. The number of nitriles is 1. The molecular weight excluding hydrogens is 538 g/mol. The smallest absolute Gasteiger partial charge is 0.142 e. The van der Waals surface area contributed by atoms with Crippen molar-refractivity contribution in [2.75, 3.05) is 6.61 Å². The molecule has 3 aromatic carbocycles. The summed E-state index contributed by atoms with van der Waals surface area (Å²) in [4.78, 5) is 4.12. The third-order valence-corrected chi connectivity index (χ3v) is 7.70. The van der Waals surface area contributed by atoms with Gasteiger partial charge in [-0.25, -0.2) is 0 Å². The van der Waals surface area contributed by atoms with Crippen molar-refractivity contribution in [1.29, 1.82) is 5.26 Å². The topological polar surface area (TPSA) is 108 Å². The number of rotatable bonds is 11. The molecule has 1 aromatic heterocycles. The molecule has 2 atom stereocenters. The number of pyridine rings is 1. The molecule has 4 aromatic rings. The number of para-hydroxylation sites is 1. The number of aliphatic hydroxyl groups is 1. The molecule has 0 bridgehead atoms. The molecule has 0 unspecified atom stereocenters. The van der Waals surface area contributed by atoms with E-state index in [0.29, 0.717) is 28.6 Å². The van der Waals surface area contributed by atoms with Crippen LogP contribution in [0.2, 0.25) is 5.02 Å². The monoisotopic (exact) mass is 569 g/mol. The minimum atomic E-state index is -0.208. The second-order valence-electron chi connectivity index (χ2n) is 10.1. The number of hydrogen-bond acceptors (Lipinski definition) is 7. The summed E-state index contributed by atoms with van der Waals surface area (Å²) in [6.07, 6.45) is 5.34. The SMILES string of the molecule is CC[C@H](CO)NCc1cc(Cl)c(O[C@H]2CCc3c(-c4ccccc4O)cccc32)cc1OCc1cncc(C#N)c1. The predicted molar refractivity (Wildman–Crippen MR) is 158 cm³/mol. The molecular formula is C33H32ClN3O4. The maximum absolute atomic E-state index is 10.5. The Kier molecular flexibility index (Phi) is 9.05. The summed E-state index contributed by atoms with van der Waals surface area (Å²) in [6.45, 7) is 2.69. The zero-order valence-corrected chi connectivity index (χ0v) is 23.6. The van der Waals surface area contributed by atoms with Crippen LogP contribution in [0.15, 0.2) is 73.1 Å². The molecule has 8 heteroatoms. The van der Waals surface area contributed by atoms with Crippen LogP contribution in [0.5, 0.6) is 17.2 Å². The van der Waals surface area contributed by atoms with Gasteiger partial charge >= 0.3 is 0 Å². The first kappa shape index (κ1) is 28.4. The van der Waals surface area contributed by atoms with Crippen LogP contribution in [0.25, 0.3) is 11.1 Å². The third kappa shape index (κ3) is 6.47. The summed E-state index contributed by atoms with van der Waals surface area (Å²) < 4.78 is 12.7. The van der Waals surface area contributed by atoms with Gasteiger partial charge in [-0.1, -0.05) is 54.9 Å². The van der Waals surface area contributed by atoms with Gasteiger partial charge < -0.3 is 25.0 Å². The van der Waals surface area contributed by atoms with Crippen LogP contribution < -0.4 is 14.8 Å². The van der Waals surface area contributed by atoms with Crippen molar-refractivity contribution >= 4 is 11.6 Å². The van der Waals surface area contributed by atoms with Crippen LogP contribution in [-0.4, -0.2) is 27.8 Å². The van der Waals surface area contributed by atoms with E-state index < -0.39 is 0 Å². The van der Waals surface area contributed by atoms with E-state index in [1.165, 1.54) is 6.20 Å². The van der Waals surface area contributed by atoms with Gasteiger partial charge in [-0.05, 0) is 54.2 Å². The molecule has 0 fully saturated rings. The average Bonchev–Trinajstić information content (AvgIpc) is 3.41. The quantitative estimate of drug-likeness (QED) is 0.189. The van der Waals surface area contributed by atoms with E-state index in [1.807, 2.05) is 49.4 Å². The van der Waals surface area contributed by atoms with Crippen molar-refractivity contribution in [3.63, 3.8) is 0 Å². The second-order valence-corrected chi connectivity index (χ2v) is 10.5. The Morgan fingerprint density at radius 1 is 1.10 bits per heavy atom. The number of halogens is 1. The maximum Gasteiger partial charge on any atom is 0.142 e. The number of nitrogens with zero attached hydrogens (tertiary/aromatic N) is 2. The second kappa shape index (κ2) is 13.0. The summed E-state index contributed by atoms with van der Waals surface area (Å²) in [5.74, 6) is 1.35. The van der Waals surface area contributed by atoms with Crippen molar-refractivity contribution in [3.8, 4) is 34.4 Å². The summed E-state index contributed by atoms with van der Waals surface area (Å²) in [7, 11) is 0. The van der Waals surface area contributed by atoms with E-state index in [0.717, 1.165) is 52.6 Å². The first-order valence-electron chi connectivity index (χ1n) is 13.7. The Morgan fingerprint density at radius 3 is 2.71 bits per heavy atom. The zero-order chi connectivity index (χ0) is 28.8. The van der Waals surface area contributed by atoms with Crippen LogP contribution >= 0.6 is 11.6 Å². The van der Waals surface area contributed by atoms with Gasteiger partial charge in [-0.3, -0.25) is 4.98 Å². The van der Waals surface area contributed by atoms with Crippen LogP contribution in [0, 0.1) is 11.3 Å². The minimum Gasteiger partial charge on any atom is -0.507 e. The summed E-state index contributed by atoms with van der Waals surface area (Å²) >= 11 is 6.76. The number of hydrogen-bond donors (Lipinski definition) is 3. The number of phenolic OH excluding ortho intramolecular Hbond substituents is 1. The number of phenols is 1. The molecule has 0 amide bonds. The maximum atomic E-state index is 10.5. The number of ether oxygens (including phenoxy) is 2. The van der Waals surface area contributed by atoms with E-state index in [9.17, 15) is 15.5 Å². The van der Waals surface area contributed by atoms with E-state index in [-0.39, 0.29) is 31.1 Å². The Balaban J connectivity index is 1.42. The van der Waals surface area contributed by atoms with Crippen molar-refractivity contribution in [1.82, 2.24) is 10.3 Å². The summed E-state index contributed by atoms with van der Waals surface area (Å²) in [5, 5.41) is 33.1. The van der Waals surface area contributed by atoms with Crippen molar-refractivity contribution in [3.05, 3.63) is 106 Å². The number of aromatic nitrogens is 1. The lowest BCUT2D eigenvalue weighted by Crippen LogP contribution is -2.31. The highest BCUT2D eigenvalue weighted by Gasteiger charge is 2.28. The van der Waals surface area contributed by atoms with Gasteiger partial charge in [0.2, 0.25) is 0 Å². The lowest BCUT2D eigenvalue weighted by Gasteiger charge is -2.21. The Labute approximate surface area is 245 Å². The van der Waals surface area contributed by atoms with Crippen LogP contribution in [0.4, 0.5) is 0 Å². The fourth-order valence-corrected chi connectivity index (χ4v) is 5.40. The molecule has 3 N–H and O–H groups in total. The van der Waals surface area contributed by atoms with Gasteiger partial charge in [-0.2, -0.15) is 5.26 Å². The van der Waals surface area contributed by atoms with Gasteiger partial charge in [0.25, 0.3) is 0 Å². The van der Waals surface area contributed by atoms with Crippen molar-refractivity contribution in [2.45, 2.75) is 51.5 Å². The van der Waals surface area contributed by atoms with Gasteiger partial charge in [0.15, 0.2) is 0 Å². The van der Waals surface area contributed by atoms with Gasteiger partial charge in [0.05, 0.1) is 17.2 Å². The molecule has 7 nitrogen and oxygen atoms in total. The molecule has 1 aliphatic rings. The standard InChI is InChI=1S/C33H32ClN3O4/c1-2-24(19-38)37-18-23-13-29(34)33(14-32(23)40-20-22-12-21(15-35)16-36-17-22)41-31-11-10-26-25(7-5-8-28(26)31)27-6-3-4-9-30(27)39/h3-9,12-14,16-17,24,31,37-39H,2,10-11,18-20H2,1H3/t24-,31+/m1/s1. The molecule has 41 heavy (non-hydrogen) atoms. The van der Waals surface area contributed by atoms with Gasteiger partial charge in [0, 0.05) is 47.7 Å². The number of aliphatic hydroxyl groups excluding tert-OH is 1. The Bertz CT molecular complexity index is 1560. The fraction of sp³-hybridized carbons (Fsp3) is 0.273. The largest absolute Gasteiger partial charge is 0.507 e. The van der Waals surface area contributed by atoms with Crippen LogP contribution in [0.3, 0.4) is 0 Å². The number of nitrogens with one attached hydrogen (secondary N) is 1.